The molecule has 1 N–H and O–H groups in total. The molecular weight excluding hydrogens is 250 g/mol. The maximum Gasteiger partial charge on any atom is 0.249 e. The number of amides is 1. The molecule has 120 valence electrons. The highest BCUT2D eigenvalue weighted by Gasteiger charge is 2.16. The Balaban J connectivity index is 4.02. The van der Waals surface area contributed by atoms with Gasteiger partial charge in [-0.3, -0.25) is 4.79 Å². The molecule has 0 saturated heterocycles. The molecule has 0 aromatic heterocycles. The minimum absolute atomic E-state index is 0.0301. The van der Waals surface area contributed by atoms with Crippen molar-refractivity contribution >= 4 is 5.91 Å². The minimum atomic E-state index is -0.344. The largest absolute Gasteiger partial charge is 0.372 e. The predicted octanol–water partition coefficient (Wildman–Crippen LogP) is 4.45. The molecule has 0 aliphatic rings. The van der Waals surface area contributed by atoms with Gasteiger partial charge in [-0.1, -0.05) is 65.2 Å². The normalized spacial score (nSPS) is 14.0. The first kappa shape index (κ1) is 19.4. The van der Waals surface area contributed by atoms with Crippen LogP contribution in [0.3, 0.4) is 0 Å². The van der Waals surface area contributed by atoms with E-state index < -0.39 is 0 Å². The summed E-state index contributed by atoms with van der Waals surface area (Å²) >= 11 is 0. The highest BCUT2D eigenvalue weighted by Crippen LogP contribution is 2.13. The Morgan fingerprint density at radius 2 is 1.45 bits per heavy atom. The molecule has 0 aliphatic heterocycles. The van der Waals surface area contributed by atoms with Crippen LogP contribution in [0, 0.1) is 0 Å². The summed E-state index contributed by atoms with van der Waals surface area (Å²) in [6, 6.07) is 0.327. The second kappa shape index (κ2) is 13.4. The van der Waals surface area contributed by atoms with Crippen molar-refractivity contribution < 1.29 is 9.53 Å². The fourth-order valence-corrected chi connectivity index (χ4v) is 2.35. The summed E-state index contributed by atoms with van der Waals surface area (Å²) < 4.78 is 5.08. The van der Waals surface area contributed by atoms with Gasteiger partial charge in [-0.05, 0) is 19.8 Å². The molecule has 0 aromatic carbocycles. The molecular formula is C17H35NO2. The van der Waals surface area contributed by atoms with Crippen molar-refractivity contribution in [3.63, 3.8) is 0 Å². The van der Waals surface area contributed by atoms with Gasteiger partial charge in [0.25, 0.3) is 0 Å². The van der Waals surface area contributed by atoms with Crippen molar-refractivity contribution in [1.29, 1.82) is 0 Å². The van der Waals surface area contributed by atoms with Crippen molar-refractivity contribution in [3.05, 3.63) is 0 Å². The van der Waals surface area contributed by atoms with Crippen LogP contribution < -0.4 is 5.32 Å². The van der Waals surface area contributed by atoms with Gasteiger partial charge in [-0.15, -0.1) is 0 Å². The smallest absolute Gasteiger partial charge is 0.249 e. The van der Waals surface area contributed by atoms with E-state index in [9.17, 15) is 4.79 Å². The van der Waals surface area contributed by atoms with Gasteiger partial charge >= 0.3 is 0 Å². The summed E-state index contributed by atoms with van der Waals surface area (Å²) in [5.74, 6) is 0.0301. The zero-order valence-corrected chi connectivity index (χ0v) is 14.0. The minimum Gasteiger partial charge on any atom is -0.372 e. The molecule has 0 saturated carbocycles. The molecule has 0 aromatic rings. The van der Waals surface area contributed by atoms with Gasteiger partial charge in [0.1, 0.15) is 6.10 Å². The number of rotatable bonds is 13. The lowest BCUT2D eigenvalue weighted by Crippen LogP contribution is -2.41. The highest BCUT2D eigenvalue weighted by atomic mass is 16.5. The van der Waals surface area contributed by atoms with E-state index in [0.29, 0.717) is 6.04 Å². The van der Waals surface area contributed by atoms with Crippen LogP contribution >= 0.6 is 0 Å². The fourth-order valence-electron chi connectivity index (χ4n) is 2.35. The Bertz CT molecular complexity index is 231. The molecule has 0 rings (SSSR count). The van der Waals surface area contributed by atoms with E-state index in [0.717, 1.165) is 12.8 Å². The fraction of sp³-hybridized carbons (Fsp3) is 0.941. The SMILES string of the molecule is CCCCCCCC(CCCCC)NC(=O)[C@@H](C)OC. The molecule has 0 fully saturated rings. The number of hydrogen-bond donors (Lipinski definition) is 1. The summed E-state index contributed by atoms with van der Waals surface area (Å²) in [6.07, 6.45) is 12.0. The van der Waals surface area contributed by atoms with E-state index in [1.807, 2.05) is 0 Å². The Morgan fingerprint density at radius 3 is 2.00 bits per heavy atom. The summed E-state index contributed by atoms with van der Waals surface area (Å²) in [7, 11) is 1.58. The predicted molar refractivity (Wildman–Crippen MR) is 85.9 cm³/mol. The van der Waals surface area contributed by atoms with Crippen molar-refractivity contribution in [1.82, 2.24) is 5.32 Å². The highest BCUT2D eigenvalue weighted by molar-refractivity contribution is 5.80. The lowest BCUT2D eigenvalue weighted by Gasteiger charge is -2.20. The first-order valence-corrected chi connectivity index (χ1v) is 8.48. The number of carbonyl (C=O) groups excluding carboxylic acids is 1. The Labute approximate surface area is 125 Å². The molecule has 0 radical (unpaired) electrons. The molecule has 3 nitrogen and oxygen atoms in total. The van der Waals surface area contributed by atoms with Crippen LogP contribution in [0.15, 0.2) is 0 Å². The van der Waals surface area contributed by atoms with Gasteiger partial charge in [0.05, 0.1) is 0 Å². The van der Waals surface area contributed by atoms with E-state index in [4.69, 9.17) is 4.74 Å². The van der Waals surface area contributed by atoms with Gasteiger partial charge in [0.15, 0.2) is 0 Å². The third-order valence-electron chi connectivity index (χ3n) is 3.88. The molecule has 1 unspecified atom stereocenters. The average Bonchev–Trinajstić information content (AvgIpc) is 2.45. The van der Waals surface area contributed by atoms with E-state index in [1.54, 1.807) is 14.0 Å². The molecule has 1 amide bonds. The maximum atomic E-state index is 11.9. The van der Waals surface area contributed by atoms with Gasteiger partial charge < -0.3 is 10.1 Å². The van der Waals surface area contributed by atoms with Crippen molar-refractivity contribution in [2.75, 3.05) is 7.11 Å². The number of carbonyl (C=O) groups is 1. The van der Waals surface area contributed by atoms with Gasteiger partial charge in [-0.25, -0.2) is 0 Å². The van der Waals surface area contributed by atoms with Gasteiger partial charge in [0, 0.05) is 13.2 Å². The Morgan fingerprint density at radius 1 is 0.950 bits per heavy atom. The number of unbranched alkanes of at least 4 members (excludes halogenated alkanes) is 6. The standard InChI is InChI=1S/C17H35NO2/c1-5-7-9-10-12-14-16(13-11-8-6-2)18-17(19)15(3)20-4/h15-16H,5-14H2,1-4H3,(H,18,19)/t15-,16?/m1/s1. The zero-order valence-electron chi connectivity index (χ0n) is 14.0. The lowest BCUT2D eigenvalue weighted by molar-refractivity contribution is -0.130. The van der Waals surface area contributed by atoms with E-state index in [-0.39, 0.29) is 12.0 Å². The van der Waals surface area contributed by atoms with Crippen LogP contribution in [-0.4, -0.2) is 25.2 Å². The van der Waals surface area contributed by atoms with Crippen LogP contribution in [0.4, 0.5) is 0 Å². The van der Waals surface area contributed by atoms with E-state index in [2.05, 4.69) is 19.2 Å². The maximum absolute atomic E-state index is 11.9. The van der Waals surface area contributed by atoms with Crippen molar-refractivity contribution in [2.24, 2.45) is 0 Å². The lowest BCUT2D eigenvalue weighted by atomic mass is 10.0. The Kier molecular flexibility index (Phi) is 13.0. The second-order valence-electron chi connectivity index (χ2n) is 5.78. The number of hydrogen-bond acceptors (Lipinski definition) is 2. The molecule has 2 atom stereocenters. The second-order valence-corrected chi connectivity index (χ2v) is 5.78. The molecule has 0 bridgehead atoms. The molecule has 0 aliphatic carbocycles. The third-order valence-corrected chi connectivity index (χ3v) is 3.88. The quantitative estimate of drug-likeness (QED) is 0.508. The summed E-state index contributed by atoms with van der Waals surface area (Å²) in [5.41, 5.74) is 0. The summed E-state index contributed by atoms with van der Waals surface area (Å²) in [6.45, 7) is 6.25. The van der Waals surface area contributed by atoms with Crippen LogP contribution in [0.2, 0.25) is 0 Å². The van der Waals surface area contributed by atoms with Crippen LogP contribution in [0.5, 0.6) is 0 Å². The molecule has 0 heterocycles. The van der Waals surface area contributed by atoms with E-state index >= 15 is 0 Å². The van der Waals surface area contributed by atoms with Gasteiger partial charge in [0.2, 0.25) is 5.91 Å². The molecule has 0 spiro atoms. The molecule has 20 heavy (non-hydrogen) atoms. The molecule has 3 heteroatoms. The zero-order chi connectivity index (χ0) is 15.2. The Hall–Kier alpha value is -0.570. The summed E-state index contributed by atoms with van der Waals surface area (Å²) in [4.78, 5) is 11.9. The number of methoxy groups -OCH3 is 1. The van der Waals surface area contributed by atoms with Gasteiger partial charge in [-0.2, -0.15) is 0 Å². The topological polar surface area (TPSA) is 38.3 Å². The number of ether oxygens (including phenoxy) is 1. The average molecular weight is 285 g/mol. The van der Waals surface area contributed by atoms with Crippen LogP contribution in [0.1, 0.15) is 85.0 Å². The van der Waals surface area contributed by atoms with E-state index in [1.165, 1.54) is 51.4 Å². The first-order valence-electron chi connectivity index (χ1n) is 8.48. The van der Waals surface area contributed by atoms with Crippen LogP contribution in [0.25, 0.3) is 0 Å². The van der Waals surface area contributed by atoms with Crippen molar-refractivity contribution in [3.8, 4) is 0 Å². The monoisotopic (exact) mass is 285 g/mol. The number of nitrogens with one attached hydrogen (secondary N) is 1. The van der Waals surface area contributed by atoms with Crippen LogP contribution in [-0.2, 0) is 9.53 Å². The third kappa shape index (κ3) is 10.2. The first-order chi connectivity index (χ1) is 9.65. The summed E-state index contributed by atoms with van der Waals surface area (Å²) in [5, 5.41) is 3.15. The van der Waals surface area contributed by atoms with Crippen molar-refractivity contribution in [2.45, 2.75) is 97.1 Å².